The Morgan fingerprint density at radius 2 is 1.01 bits per heavy atom. The lowest BCUT2D eigenvalue weighted by molar-refractivity contribution is -0.203. The number of aliphatic carboxylic acids is 1. The van der Waals surface area contributed by atoms with Crippen molar-refractivity contribution in [2.45, 2.75) is 234 Å². The highest BCUT2D eigenvalue weighted by Crippen LogP contribution is 2.65. The molecule has 5 unspecified atom stereocenters. The molecule has 14 heteroatoms. The van der Waals surface area contributed by atoms with E-state index in [4.69, 9.17) is 9.47 Å². The van der Waals surface area contributed by atoms with Gasteiger partial charge in [-0.25, -0.2) is 0 Å². The van der Waals surface area contributed by atoms with Crippen LogP contribution in [0.1, 0.15) is 204 Å². The SMILES string of the molecule is CCCC(C)(C)OC(=O)C(C)(C)C(C)(C)CC(C)(C(=O)OCCN(C(C)C)C(C)C)C(C)(C)C(C)(C)C(C)(C(=O)O)C(C)CC(O)CNCCNCCNCCNCCNCC(O)CC(C)(C)CCC(C)(C)C. The van der Waals surface area contributed by atoms with Gasteiger partial charge in [-0.3, -0.25) is 19.3 Å². The molecule has 0 fully saturated rings. The van der Waals surface area contributed by atoms with Crippen molar-refractivity contribution >= 4 is 17.9 Å². The van der Waals surface area contributed by atoms with Crippen molar-refractivity contribution in [1.82, 2.24) is 31.5 Å². The van der Waals surface area contributed by atoms with E-state index in [0.717, 1.165) is 65.0 Å². The number of nitrogens with zero attached hydrogens (tertiary/aromatic N) is 1. The molecule has 73 heavy (non-hydrogen) atoms. The Morgan fingerprint density at radius 1 is 0.575 bits per heavy atom. The molecule has 0 amide bonds. The zero-order valence-electron chi connectivity index (χ0n) is 51.7. The van der Waals surface area contributed by atoms with Crippen molar-refractivity contribution in [3.8, 4) is 0 Å². The molecule has 0 aliphatic rings. The van der Waals surface area contributed by atoms with E-state index in [0.29, 0.717) is 44.6 Å². The number of ether oxygens (including phenoxy) is 2. The molecule has 5 atom stereocenters. The van der Waals surface area contributed by atoms with Crippen LogP contribution in [0.25, 0.3) is 0 Å². The van der Waals surface area contributed by atoms with Gasteiger partial charge in [0, 0.05) is 84.1 Å². The number of hydrogen-bond donors (Lipinski definition) is 8. The first-order valence-electron chi connectivity index (χ1n) is 28.4. The third kappa shape index (κ3) is 22.2. The molecule has 0 aromatic heterocycles. The highest BCUT2D eigenvalue weighted by atomic mass is 16.6. The Morgan fingerprint density at radius 3 is 1.42 bits per heavy atom. The number of carbonyl (C=O) groups is 3. The van der Waals surface area contributed by atoms with Crippen molar-refractivity contribution in [3.63, 3.8) is 0 Å². The molecule has 0 spiro atoms. The maximum Gasteiger partial charge on any atom is 0.312 e. The average Bonchev–Trinajstić information content (AvgIpc) is 3.23. The summed E-state index contributed by atoms with van der Waals surface area (Å²) >= 11 is 0. The minimum atomic E-state index is -1.42. The molecule has 0 heterocycles. The van der Waals surface area contributed by atoms with Crippen LogP contribution in [-0.4, -0.2) is 147 Å². The van der Waals surface area contributed by atoms with Crippen LogP contribution in [-0.2, 0) is 23.9 Å². The fourth-order valence-corrected chi connectivity index (χ4v) is 10.8. The van der Waals surface area contributed by atoms with E-state index in [2.05, 4.69) is 101 Å². The number of rotatable bonds is 40. The molecular formula is C59H120N6O8. The first kappa shape index (κ1) is 71.1. The van der Waals surface area contributed by atoms with Crippen LogP contribution >= 0.6 is 0 Å². The van der Waals surface area contributed by atoms with E-state index in [1.165, 1.54) is 0 Å². The quantitative estimate of drug-likeness (QED) is 0.0214. The van der Waals surface area contributed by atoms with Gasteiger partial charge < -0.3 is 51.4 Å². The molecule has 0 rings (SSSR count). The lowest BCUT2D eigenvalue weighted by atomic mass is 9.41. The highest BCUT2D eigenvalue weighted by molar-refractivity contribution is 5.81. The number of nitrogens with one attached hydrogen (secondary N) is 5. The van der Waals surface area contributed by atoms with Gasteiger partial charge in [-0.1, -0.05) is 96.4 Å². The molecule has 8 N–H and O–H groups in total. The maximum absolute atomic E-state index is 15.0. The maximum atomic E-state index is 15.0. The summed E-state index contributed by atoms with van der Waals surface area (Å²) in [6, 6.07) is 0.488. The van der Waals surface area contributed by atoms with Gasteiger partial charge in [0.1, 0.15) is 12.2 Å². The van der Waals surface area contributed by atoms with Crippen LogP contribution in [0.2, 0.25) is 0 Å². The van der Waals surface area contributed by atoms with Crippen LogP contribution in [0, 0.1) is 49.2 Å². The second kappa shape index (κ2) is 30.3. The van der Waals surface area contributed by atoms with Gasteiger partial charge in [0.05, 0.1) is 28.5 Å². The first-order valence-corrected chi connectivity index (χ1v) is 28.4. The summed E-state index contributed by atoms with van der Waals surface area (Å²) in [5.41, 5.74) is -6.91. The topological polar surface area (TPSA) is 194 Å². The molecule has 0 bridgehead atoms. The van der Waals surface area contributed by atoms with E-state index in [1.54, 1.807) is 6.92 Å². The molecule has 0 aromatic rings. The third-order valence-electron chi connectivity index (χ3n) is 17.9. The molecule has 0 aliphatic heterocycles. The monoisotopic (exact) mass is 1040 g/mol. The number of carbonyl (C=O) groups excluding carboxylic acids is 2. The summed E-state index contributed by atoms with van der Waals surface area (Å²) in [6.07, 6.45) is 3.92. The van der Waals surface area contributed by atoms with E-state index in [-0.39, 0.29) is 49.0 Å². The number of carboxylic acids is 1. The number of esters is 2. The van der Waals surface area contributed by atoms with Gasteiger partial charge in [-0.05, 0) is 141 Å². The van der Waals surface area contributed by atoms with Crippen molar-refractivity contribution in [3.05, 3.63) is 0 Å². The van der Waals surface area contributed by atoms with Crippen molar-refractivity contribution in [1.29, 1.82) is 0 Å². The van der Waals surface area contributed by atoms with Gasteiger partial charge in [0.25, 0.3) is 0 Å². The molecule has 0 aliphatic carbocycles. The lowest BCUT2D eigenvalue weighted by Crippen LogP contribution is -2.62. The zero-order chi connectivity index (χ0) is 57.1. The van der Waals surface area contributed by atoms with Crippen LogP contribution in [0.15, 0.2) is 0 Å². The predicted octanol–water partition coefficient (Wildman–Crippen LogP) is 9.30. The summed E-state index contributed by atoms with van der Waals surface area (Å²) in [5, 5.41) is 50.3. The summed E-state index contributed by atoms with van der Waals surface area (Å²) in [4.78, 5) is 45.2. The smallest absolute Gasteiger partial charge is 0.312 e. The standard InChI is InChI=1S/C59H120N6O8/c1-24-25-54(14,15)73-49(70)55(16,17)53(12,13)42-58(22,50(71)72-37-36-65(43(2)3)44(4)5)56(18,19)57(20,21)59(23,48(68)69)45(6)38-46(66)40-63-34-32-61-30-28-60-29-31-62-33-35-64-41-47(67)39-52(10,11)27-26-51(7,8)9/h43-47,60-64,66-67H,24-42H2,1-23H3,(H,68,69). The number of hydrogen-bond acceptors (Lipinski definition) is 13. The van der Waals surface area contributed by atoms with E-state index in [9.17, 15) is 24.9 Å². The minimum Gasteiger partial charge on any atom is -0.481 e. The molecule has 0 saturated carbocycles. The van der Waals surface area contributed by atoms with E-state index < -0.39 is 62.1 Å². The van der Waals surface area contributed by atoms with Gasteiger partial charge in [-0.2, -0.15) is 0 Å². The van der Waals surface area contributed by atoms with Crippen LogP contribution in [0.3, 0.4) is 0 Å². The second-order valence-electron chi connectivity index (χ2n) is 27.8. The molecule has 0 aromatic carbocycles. The highest BCUT2D eigenvalue weighted by Gasteiger charge is 2.66. The van der Waals surface area contributed by atoms with Crippen LogP contribution in [0.4, 0.5) is 0 Å². The molecule has 0 radical (unpaired) electrons. The third-order valence-corrected chi connectivity index (χ3v) is 17.9. The molecular weight excluding hydrogens is 921 g/mol. The Balaban J connectivity index is 5.67. The Labute approximate surface area is 449 Å². The van der Waals surface area contributed by atoms with Gasteiger partial charge in [0.2, 0.25) is 0 Å². The number of aliphatic hydroxyl groups excluding tert-OH is 2. The Hall–Kier alpha value is -1.91. The van der Waals surface area contributed by atoms with Crippen molar-refractivity contribution in [2.24, 2.45) is 49.2 Å². The van der Waals surface area contributed by atoms with E-state index >= 15 is 4.79 Å². The Kier molecular flexibility index (Phi) is 29.5. The van der Waals surface area contributed by atoms with Gasteiger partial charge in [0.15, 0.2) is 0 Å². The predicted molar refractivity (Wildman–Crippen MR) is 304 cm³/mol. The first-order chi connectivity index (χ1) is 33.1. The normalized spacial score (nSPS) is 16.6. The zero-order valence-corrected chi connectivity index (χ0v) is 51.7. The summed E-state index contributed by atoms with van der Waals surface area (Å²) in [6.45, 7) is 54.8. The summed E-state index contributed by atoms with van der Waals surface area (Å²) in [7, 11) is 0. The lowest BCUT2D eigenvalue weighted by Gasteiger charge is -2.61. The molecule has 0 saturated heterocycles. The van der Waals surface area contributed by atoms with Crippen molar-refractivity contribution in [2.75, 3.05) is 78.6 Å². The number of aliphatic hydroxyl groups is 2. The van der Waals surface area contributed by atoms with Crippen molar-refractivity contribution < 1.29 is 39.2 Å². The molecule has 14 nitrogen and oxygen atoms in total. The fourth-order valence-electron chi connectivity index (χ4n) is 10.8. The minimum absolute atomic E-state index is 0.123. The summed E-state index contributed by atoms with van der Waals surface area (Å²) < 4.78 is 12.4. The summed E-state index contributed by atoms with van der Waals surface area (Å²) in [5.74, 6) is -2.28. The fraction of sp³-hybridized carbons (Fsp3) is 0.949. The van der Waals surface area contributed by atoms with E-state index in [1.807, 2.05) is 83.1 Å². The largest absolute Gasteiger partial charge is 0.481 e. The van der Waals surface area contributed by atoms with Crippen LogP contribution in [0.5, 0.6) is 0 Å². The molecule has 434 valence electrons. The van der Waals surface area contributed by atoms with Gasteiger partial charge in [-0.15, -0.1) is 0 Å². The number of carboxylic acid groups (broad SMARTS) is 1. The average molecular weight is 1040 g/mol. The second-order valence-corrected chi connectivity index (χ2v) is 27.8. The Bertz CT molecular complexity index is 1600. The van der Waals surface area contributed by atoms with Crippen LogP contribution < -0.4 is 26.6 Å². The van der Waals surface area contributed by atoms with Gasteiger partial charge >= 0.3 is 17.9 Å².